The van der Waals surface area contributed by atoms with E-state index in [9.17, 15) is 0 Å². The lowest BCUT2D eigenvalue weighted by Gasteiger charge is -2.29. The summed E-state index contributed by atoms with van der Waals surface area (Å²) >= 11 is 5.85. The van der Waals surface area contributed by atoms with Gasteiger partial charge in [0.05, 0.1) is 11.7 Å². The molecule has 1 aliphatic rings. The lowest BCUT2D eigenvalue weighted by atomic mass is 10.0. The first-order valence-electron chi connectivity index (χ1n) is 10.4. The molecule has 154 valence electrons. The molecule has 31 heavy (non-hydrogen) atoms. The number of thiocarbonyl (C=S) groups is 1. The van der Waals surface area contributed by atoms with Crippen molar-refractivity contribution in [1.29, 1.82) is 0 Å². The Morgan fingerprint density at radius 1 is 0.839 bits per heavy atom. The summed E-state index contributed by atoms with van der Waals surface area (Å²) < 4.78 is 2.25. The van der Waals surface area contributed by atoms with Crippen molar-refractivity contribution < 1.29 is 0 Å². The molecule has 0 amide bonds. The minimum atomic E-state index is -0.0617. The van der Waals surface area contributed by atoms with Crippen molar-refractivity contribution in [2.75, 3.05) is 4.90 Å². The largest absolute Gasteiger partial charge is 0.351 e. The monoisotopic (exact) mass is 424 g/mol. The molecule has 0 spiro atoms. The molecule has 1 aliphatic heterocycles. The Morgan fingerprint density at radius 3 is 2.42 bits per heavy atom. The number of nitrogens with one attached hydrogen (secondary N) is 1. The minimum absolute atomic E-state index is 0.0412. The predicted octanol–water partition coefficient (Wildman–Crippen LogP) is 5.67. The molecule has 2 atom stereocenters. The number of benzene rings is 2. The Morgan fingerprint density at radius 2 is 1.68 bits per heavy atom. The van der Waals surface area contributed by atoms with E-state index >= 15 is 0 Å². The van der Waals surface area contributed by atoms with Crippen molar-refractivity contribution in [2.24, 2.45) is 0 Å². The van der Waals surface area contributed by atoms with Crippen LogP contribution in [0.4, 0.5) is 5.69 Å². The van der Waals surface area contributed by atoms with E-state index in [1.54, 1.807) is 0 Å². The highest BCUT2D eigenvalue weighted by Gasteiger charge is 2.42. The quantitative estimate of drug-likeness (QED) is 0.428. The molecule has 5 rings (SSSR count). The molecule has 1 fully saturated rings. The summed E-state index contributed by atoms with van der Waals surface area (Å²) in [6.45, 7) is 4.21. The van der Waals surface area contributed by atoms with Crippen LogP contribution in [-0.4, -0.2) is 14.7 Å². The van der Waals surface area contributed by atoms with Gasteiger partial charge in [-0.1, -0.05) is 35.9 Å². The molecule has 3 heterocycles. The summed E-state index contributed by atoms with van der Waals surface area (Å²) in [5.74, 6) is 0. The number of hydrogen-bond acceptors (Lipinski definition) is 2. The normalized spacial score (nSPS) is 18.3. The maximum absolute atomic E-state index is 5.85. The number of aromatic nitrogens is 2. The first kappa shape index (κ1) is 19.5. The van der Waals surface area contributed by atoms with Crippen LogP contribution in [-0.2, 0) is 0 Å². The van der Waals surface area contributed by atoms with Crippen LogP contribution in [0.3, 0.4) is 0 Å². The molecular weight excluding hydrogens is 400 g/mol. The Kier molecular flexibility index (Phi) is 5.04. The van der Waals surface area contributed by atoms with Gasteiger partial charge in [0, 0.05) is 29.5 Å². The molecule has 2 aromatic heterocycles. The van der Waals surface area contributed by atoms with E-state index in [4.69, 9.17) is 12.2 Å². The van der Waals surface area contributed by atoms with Crippen molar-refractivity contribution in [3.8, 4) is 5.69 Å². The molecule has 1 N–H and O–H groups in total. The second-order valence-corrected chi connectivity index (χ2v) is 8.36. The summed E-state index contributed by atoms with van der Waals surface area (Å²) in [6.07, 6.45) is 3.96. The Bertz CT molecular complexity index is 1210. The lowest BCUT2D eigenvalue weighted by molar-refractivity contribution is 0.549. The first-order valence-corrected chi connectivity index (χ1v) is 10.8. The van der Waals surface area contributed by atoms with E-state index < -0.39 is 0 Å². The highest BCUT2D eigenvalue weighted by atomic mass is 32.1. The average molecular weight is 425 g/mol. The predicted molar refractivity (Wildman–Crippen MR) is 130 cm³/mol. The van der Waals surface area contributed by atoms with Gasteiger partial charge < -0.3 is 14.8 Å². The van der Waals surface area contributed by atoms with E-state index in [0.717, 1.165) is 22.8 Å². The van der Waals surface area contributed by atoms with Crippen LogP contribution in [0.25, 0.3) is 5.69 Å². The standard InChI is InChI=1S/C26H24N4S/c1-18-11-13-20(14-12-18)29-16-6-10-23(29)25-24(22-9-3-4-15-27-22)28-26(31)30(25)21-8-5-7-19(2)17-21/h3-17,24-25H,1-2H3,(H,28,31). The zero-order valence-electron chi connectivity index (χ0n) is 17.6. The summed E-state index contributed by atoms with van der Waals surface area (Å²) in [5.41, 5.74) is 6.79. The van der Waals surface area contributed by atoms with Gasteiger partial charge in [-0.25, -0.2) is 0 Å². The summed E-state index contributed by atoms with van der Waals surface area (Å²) in [4.78, 5) is 6.88. The van der Waals surface area contributed by atoms with E-state index in [2.05, 4.69) is 107 Å². The van der Waals surface area contributed by atoms with Gasteiger partial charge in [-0.15, -0.1) is 0 Å². The molecule has 4 aromatic rings. The smallest absolute Gasteiger partial charge is 0.174 e. The van der Waals surface area contributed by atoms with Crippen molar-refractivity contribution in [1.82, 2.24) is 14.9 Å². The highest BCUT2D eigenvalue weighted by molar-refractivity contribution is 7.80. The second kappa shape index (κ2) is 8.00. The molecule has 5 heteroatoms. The summed E-state index contributed by atoms with van der Waals surface area (Å²) in [5, 5.41) is 4.26. The summed E-state index contributed by atoms with van der Waals surface area (Å²) in [6, 6.07) is 27.3. The van der Waals surface area contributed by atoms with Gasteiger partial charge in [0.15, 0.2) is 5.11 Å². The van der Waals surface area contributed by atoms with Crippen LogP contribution >= 0.6 is 12.2 Å². The maximum Gasteiger partial charge on any atom is 0.174 e. The Hall–Kier alpha value is -3.44. The van der Waals surface area contributed by atoms with Crippen LogP contribution in [0.2, 0.25) is 0 Å². The molecule has 0 aliphatic carbocycles. The SMILES string of the molecule is Cc1ccc(-n2cccc2C2C(c3ccccn3)NC(=S)N2c2cccc(C)c2)cc1. The number of rotatable bonds is 4. The second-order valence-electron chi connectivity index (χ2n) is 7.97. The molecule has 0 bridgehead atoms. The number of nitrogens with zero attached hydrogens (tertiary/aromatic N) is 3. The number of pyridine rings is 1. The van der Waals surface area contributed by atoms with Crippen LogP contribution < -0.4 is 10.2 Å². The molecule has 2 aromatic carbocycles. The van der Waals surface area contributed by atoms with E-state index in [-0.39, 0.29) is 12.1 Å². The van der Waals surface area contributed by atoms with Gasteiger partial charge in [0.2, 0.25) is 0 Å². The Labute approximate surface area is 188 Å². The van der Waals surface area contributed by atoms with E-state index in [1.807, 2.05) is 18.3 Å². The van der Waals surface area contributed by atoms with Gasteiger partial charge in [-0.2, -0.15) is 0 Å². The number of hydrogen-bond donors (Lipinski definition) is 1. The molecule has 0 radical (unpaired) electrons. The summed E-state index contributed by atoms with van der Waals surface area (Å²) in [7, 11) is 0. The zero-order valence-corrected chi connectivity index (χ0v) is 18.4. The first-order chi connectivity index (χ1) is 15.1. The van der Waals surface area contributed by atoms with Crippen LogP contribution in [0, 0.1) is 13.8 Å². The van der Waals surface area contributed by atoms with E-state index in [0.29, 0.717) is 5.11 Å². The average Bonchev–Trinajstić information content (AvgIpc) is 3.39. The third kappa shape index (κ3) is 3.62. The van der Waals surface area contributed by atoms with Crippen LogP contribution in [0.15, 0.2) is 91.3 Å². The molecule has 0 saturated carbocycles. The third-order valence-corrected chi connectivity index (χ3v) is 6.09. The van der Waals surface area contributed by atoms with Crippen LogP contribution in [0.5, 0.6) is 0 Å². The van der Waals surface area contributed by atoms with Gasteiger partial charge in [-0.05, 0) is 80.2 Å². The molecule has 2 unspecified atom stereocenters. The van der Waals surface area contributed by atoms with Crippen molar-refractivity contribution in [3.05, 3.63) is 114 Å². The van der Waals surface area contributed by atoms with Crippen molar-refractivity contribution >= 4 is 23.0 Å². The highest BCUT2D eigenvalue weighted by Crippen LogP contribution is 2.42. The van der Waals surface area contributed by atoms with Crippen molar-refractivity contribution in [2.45, 2.75) is 25.9 Å². The molecular formula is C26H24N4S. The van der Waals surface area contributed by atoms with Gasteiger partial charge in [0.25, 0.3) is 0 Å². The lowest BCUT2D eigenvalue weighted by Crippen LogP contribution is -2.30. The number of anilines is 1. The maximum atomic E-state index is 5.85. The topological polar surface area (TPSA) is 33.1 Å². The zero-order chi connectivity index (χ0) is 21.4. The van der Waals surface area contributed by atoms with Crippen LogP contribution in [0.1, 0.15) is 34.6 Å². The van der Waals surface area contributed by atoms with Gasteiger partial charge >= 0.3 is 0 Å². The minimum Gasteiger partial charge on any atom is -0.351 e. The fraction of sp³-hybridized carbons (Fsp3) is 0.154. The molecule has 4 nitrogen and oxygen atoms in total. The van der Waals surface area contributed by atoms with E-state index in [1.165, 1.54) is 11.1 Å². The van der Waals surface area contributed by atoms with Gasteiger partial charge in [0.1, 0.15) is 6.04 Å². The fourth-order valence-corrected chi connectivity index (χ4v) is 4.63. The number of aryl methyl sites for hydroxylation is 2. The van der Waals surface area contributed by atoms with Crippen molar-refractivity contribution in [3.63, 3.8) is 0 Å². The molecule has 1 saturated heterocycles. The fourth-order valence-electron chi connectivity index (χ4n) is 4.29. The Balaban J connectivity index is 1.67. The third-order valence-electron chi connectivity index (χ3n) is 5.77. The van der Waals surface area contributed by atoms with Gasteiger partial charge in [-0.3, -0.25) is 4.98 Å².